The van der Waals surface area contributed by atoms with Gasteiger partial charge in [-0.1, -0.05) is 67.6 Å². The second-order valence-corrected chi connectivity index (χ2v) is 9.31. The Bertz CT molecular complexity index is 1350. The van der Waals surface area contributed by atoms with Gasteiger partial charge in [-0.3, -0.25) is 4.79 Å². The van der Waals surface area contributed by atoms with E-state index < -0.39 is 0 Å². The molecule has 3 atom stereocenters. The Labute approximate surface area is 194 Å². The minimum absolute atomic E-state index is 0.0832. The lowest BCUT2D eigenvalue weighted by atomic mass is 9.75. The Morgan fingerprint density at radius 3 is 2.42 bits per heavy atom. The summed E-state index contributed by atoms with van der Waals surface area (Å²) in [5, 5.41) is 12.2. The molecule has 0 spiro atoms. The van der Waals surface area contributed by atoms with Gasteiger partial charge in [0.1, 0.15) is 0 Å². The van der Waals surface area contributed by atoms with Crippen LogP contribution in [0.15, 0.2) is 84.9 Å². The molecule has 1 heterocycles. The summed E-state index contributed by atoms with van der Waals surface area (Å²) in [4.78, 5) is 12.2. The van der Waals surface area contributed by atoms with Crippen LogP contribution in [-0.4, -0.2) is 5.91 Å². The van der Waals surface area contributed by atoms with E-state index in [0.717, 1.165) is 18.5 Å². The molecule has 0 bridgehead atoms. The molecule has 4 aromatic rings. The molecule has 1 aliphatic carbocycles. The van der Waals surface area contributed by atoms with Crippen molar-refractivity contribution >= 4 is 38.8 Å². The molecule has 0 fully saturated rings. The van der Waals surface area contributed by atoms with Gasteiger partial charge in [-0.15, -0.1) is 0 Å². The minimum atomic E-state index is 0.0832. The van der Waals surface area contributed by atoms with Crippen molar-refractivity contribution in [1.82, 2.24) is 0 Å². The highest BCUT2D eigenvalue weighted by molar-refractivity contribution is 6.03. The number of benzene rings is 4. The zero-order valence-electron chi connectivity index (χ0n) is 18.8. The smallest absolute Gasteiger partial charge is 0.224 e. The molecule has 0 radical (unpaired) electrons. The van der Waals surface area contributed by atoms with Crippen LogP contribution < -0.4 is 10.6 Å². The number of anilines is 2. The summed E-state index contributed by atoms with van der Waals surface area (Å²) >= 11 is 0. The van der Waals surface area contributed by atoms with Crippen molar-refractivity contribution in [2.24, 2.45) is 5.92 Å². The van der Waals surface area contributed by atoms with E-state index in [1.54, 1.807) is 0 Å². The van der Waals surface area contributed by atoms with E-state index in [9.17, 15) is 4.79 Å². The van der Waals surface area contributed by atoms with Crippen LogP contribution in [0.2, 0.25) is 0 Å². The largest absolute Gasteiger partial charge is 0.378 e. The Kier molecular flexibility index (Phi) is 4.91. The van der Waals surface area contributed by atoms with Crippen LogP contribution in [0, 0.1) is 5.92 Å². The van der Waals surface area contributed by atoms with Crippen LogP contribution in [0.4, 0.5) is 11.4 Å². The van der Waals surface area contributed by atoms with Crippen molar-refractivity contribution in [3.63, 3.8) is 0 Å². The van der Waals surface area contributed by atoms with E-state index >= 15 is 0 Å². The van der Waals surface area contributed by atoms with Crippen molar-refractivity contribution < 1.29 is 4.79 Å². The van der Waals surface area contributed by atoms with Gasteiger partial charge in [0.2, 0.25) is 5.91 Å². The average Bonchev–Trinajstić information content (AvgIpc) is 3.33. The van der Waals surface area contributed by atoms with E-state index in [0.29, 0.717) is 18.3 Å². The number of hydrogen-bond acceptors (Lipinski definition) is 2. The summed E-state index contributed by atoms with van der Waals surface area (Å²) < 4.78 is 0. The summed E-state index contributed by atoms with van der Waals surface area (Å²) in [6, 6.07) is 26.4. The van der Waals surface area contributed by atoms with Crippen molar-refractivity contribution in [3.8, 4) is 0 Å². The third kappa shape index (κ3) is 3.39. The number of rotatable bonds is 4. The van der Waals surface area contributed by atoms with Crippen LogP contribution in [0.25, 0.3) is 21.5 Å². The molecule has 0 saturated heterocycles. The molecule has 6 rings (SSSR count). The normalized spacial score (nSPS) is 20.9. The van der Waals surface area contributed by atoms with Crippen LogP contribution in [0.5, 0.6) is 0 Å². The predicted octanol–water partition coefficient (Wildman–Crippen LogP) is 7.56. The third-order valence-electron chi connectivity index (χ3n) is 7.25. The fraction of sp³-hybridized carbons (Fsp3) is 0.233. The average molecular weight is 433 g/mol. The van der Waals surface area contributed by atoms with Crippen LogP contribution in [0.1, 0.15) is 49.3 Å². The Morgan fingerprint density at radius 1 is 0.970 bits per heavy atom. The topological polar surface area (TPSA) is 41.1 Å². The van der Waals surface area contributed by atoms with Crippen molar-refractivity contribution in [2.45, 2.75) is 38.1 Å². The van der Waals surface area contributed by atoms with Crippen molar-refractivity contribution in [1.29, 1.82) is 0 Å². The zero-order valence-corrected chi connectivity index (χ0v) is 18.8. The van der Waals surface area contributed by atoms with Crippen LogP contribution >= 0.6 is 0 Å². The van der Waals surface area contributed by atoms with Crippen molar-refractivity contribution in [3.05, 3.63) is 96.1 Å². The Morgan fingerprint density at radius 2 is 1.70 bits per heavy atom. The maximum Gasteiger partial charge on any atom is 0.224 e. The summed E-state index contributed by atoms with van der Waals surface area (Å²) in [6.45, 7) is 2.03. The molecule has 3 unspecified atom stereocenters. The summed E-state index contributed by atoms with van der Waals surface area (Å²) in [5.41, 5.74) is 4.73. The van der Waals surface area contributed by atoms with Gasteiger partial charge in [0.25, 0.3) is 0 Å². The molecule has 0 saturated carbocycles. The second kappa shape index (κ2) is 8.08. The highest BCUT2D eigenvalue weighted by Crippen LogP contribution is 2.52. The monoisotopic (exact) mass is 432 g/mol. The highest BCUT2D eigenvalue weighted by atomic mass is 16.1. The molecule has 1 amide bonds. The molecule has 164 valence electrons. The number of nitrogens with one attached hydrogen (secondary N) is 2. The van der Waals surface area contributed by atoms with Gasteiger partial charge in [0.05, 0.1) is 6.04 Å². The van der Waals surface area contributed by atoms with E-state index in [1.807, 2.05) is 13.0 Å². The molecule has 1 aliphatic heterocycles. The maximum absolute atomic E-state index is 12.2. The zero-order chi connectivity index (χ0) is 22.4. The molecular formula is C30H28N2O. The first-order valence-corrected chi connectivity index (χ1v) is 12.0. The molecular weight excluding hydrogens is 404 g/mol. The molecule has 4 aromatic carbocycles. The van der Waals surface area contributed by atoms with Gasteiger partial charge in [-0.25, -0.2) is 0 Å². The lowest BCUT2D eigenvalue weighted by Gasteiger charge is -2.38. The molecule has 2 aliphatic rings. The molecule has 2 N–H and O–H groups in total. The summed E-state index contributed by atoms with van der Waals surface area (Å²) in [6.07, 6.45) is 7.15. The Balaban J connectivity index is 1.48. The van der Waals surface area contributed by atoms with Crippen molar-refractivity contribution in [2.75, 3.05) is 10.6 Å². The Hall–Kier alpha value is -3.59. The second-order valence-electron chi connectivity index (χ2n) is 9.31. The number of hydrogen-bond donors (Lipinski definition) is 2. The van der Waals surface area contributed by atoms with E-state index in [4.69, 9.17) is 0 Å². The fourth-order valence-corrected chi connectivity index (χ4v) is 5.79. The lowest BCUT2D eigenvalue weighted by molar-refractivity contribution is -0.116. The van der Waals surface area contributed by atoms with Gasteiger partial charge < -0.3 is 10.6 Å². The minimum Gasteiger partial charge on any atom is -0.378 e. The van der Waals surface area contributed by atoms with Gasteiger partial charge >= 0.3 is 0 Å². The molecule has 3 heteroatoms. The fourth-order valence-electron chi connectivity index (χ4n) is 5.79. The summed E-state index contributed by atoms with van der Waals surface area (Å²) in [5.74, 6) is 0.861. The number of carbonyl (C=O) groups is 1. The quantitative estimate of drug-likeness (QED) is 0.258. The van der Waals surface area contributed by atoms with E-state index in [2.05, 4.69) is 89.5 Å². The SMILES string of the molecule is CCCC(=O)Nc1ccc2c(c1)C1C=CCC1C(c1c3ccccc3cc3ccccc13)N2. The van der Waals surface area contributed by atoms with Gasteiger partial charge in [-0.05, 0) is 75.7 Å². The van der Waals surface area contributed by atoms with Crippen LogP contribution in [0.3, 0.4) is 0 Å². The van der Waals surface area contributed by atoms with Gasteiger partial charge in [0, 0.05) is 23.7 Å². The number of allylic oxidation sites excluding steroid dienone is 2. The first kappa shape index (κ1) is 20.0. The van der Waals surface area contributed by atoms with Crippen LogP contribution in [-0.2, 0) is 4.79 Å². The first-order valence-electron chi connectivity index (χ1n) is 12.0. The first-order chi connectivity index (χ1) is 16.2. The third-order valence-corrected chi connectivity index (χ3v) is 7.25. The molecule has 3 nitrogen and oxygen atoms in total. The number of fused-ring (bicyclic) bond motifs is 5. The molecule has 33 heavy (non-hydrogen) atoms. The number of amides is 1. The number of carbonyl (C=O) groups excluding carboxylic acids is 1. The van der Waals surface area contributed by atoms with E-state index in [1.165, 1.54) is 38.4 Å². The maximum atomic E-state index is 12.2. The summed E-state index contributed by atoms with van der Waals surface area (Å²) in [7, 11) is 0. The highest BCUT2D eigenvalue weighted by Gasteiger charge is 2.39. The van der Waals surface area contributed by atoms with E-state index in [-0.39, 0.29) is 11.9 Å². The lowest BCUT2D eigenvalue weighted by Crippen LogP contribution is -2.29. The molecule has 0 aromatic heterocycles. The predicted molar refractivity (Wildman–Crippen MR) is 138 cm³/mol. The van der Waals surface area contributed by atoms with Gasteiger partial charge in [-0.2, -0.15) is 0 Å². The van der Waals surface area contributed by atoms with Gasteiger partial charge in [0.15, 0.2) is 0 Å². The standard InChI is InChI=1S/C30H28N2O/c1-2-8-28(33)31-21-15-16-27-26(18-21)24-13-7-14-25(24)30(32-27)29-22-11-5-3-9-19(22)17-20-10-4-6-12-23(20)29/h3-7,9-13,15-18,24-25,30,32H,2,8,14H2,1H3,(H,31,33).